The zero-order valence-corrected chi connectivity index (χ0v) is 13.0. The van der Waals surface area contributed by atoms with Crippen molar-refractivity contribution in [1.82, 2.24) is 5.32 Å². The predicted molar refractivity (Wildman–Crippen MR) is 82.2 cm³/mol. The Morgan fingerprint density at radius 3 is 2.72 bits per heavy atom. The van der Waals surface area contributed by atoms with Gasteiger partial charge in [-0.2, -0.15) is 0 Å². The van der Waals surface area contributed by atoms with Crippen LogP contribution >= 0.6 is 22.6 Å². The SMILES string of the molecule is O=S(=O)(CC1CCNCC1)Nc1cccc(I)c1. The summed E-state index contributed by atoms with van der Waals surface area (Å²) < 4.78 is 27.8. The van der Waals surface area contributed by atoms with Crippen molar-refractivity contribution < 1.29 is 8.42 Å². The second kappa shape index (κ2) is 6.21. The van der Waals surface area contributed by atoms with Crippen molar-refractivity contribution in [1.29, 1.82) is 0 Å². The van der Waals surface area contributed by atoms with Gasteiger partial charge >= 0.3 is 0 Å². The van der Waals surface area contributed by atoms with Crippen molar-refractivity contribution in [3.63, 3.8) is 0 Å². The lowest BCUT2D eigenvalue weighted by atomic mass is 10.0. The van der Waals surface area contributed by atoms with Crippen molar-refractivity contribution >= 4 is 38.3 Å². The van der Waals surface area contributed by atoms with E-state index in [0.717, 1.165) is 29.5 Å². The van der Waals surface area contributed by atoms with Gasteiger partial charge < -0.3 is 5.32 Å². The van der Waals surface area contributed by atoms with Crippen LogP contribution in [-0.2, 0) is 10.0 Å². The normalized spacial score (nSPS) is 17.6. The van der Waals surface area contributed by atoms with Crippen molar-refractivity contribution in [3.05, 3.63) is 27.8 Å². The van der Waals surface area contributed by atoms with Crippen molar-refractivity contribution in [2.45, 2.75) is 12.8 Å². The summed E-state index contributed by atoms with van der Waals surface area (Å²) in [6.07, 6.45) is 1.88. The summed E-state index contributed by atoms with van der Waals surface area (Å²) in [5.41, 5.74) is 0.649. The number of benzene rings is 1. The van der Waals surface area contributed by atoms with Crippen LogP contribution in [0.15, 0.2) is 24.3 Å². The molecule has 1 aliphatic rings. The molecule has 0 atom stereocenters. The molecular weight excluding hydrogens is 363 g/mol. The molecule has 2 N–H and O–H groups in total. The molecule has 2 rings (SSSR count). The Morgan fingerprint density at radius 2 is 2.06 bits per heavy atom. The van der Waals surface area contributed by atoms with E-state index in [0.29, 0.717) is 5.69 Å². The van der Waals surface area contributed by atoms with E-state index in [1.165, 1.54) is 0 Å². The highest BCUT2D eigenvalue weighted by molar-refractivity contribution is 14.1. The molecular formula is C12H17IN2O2S. The van der Waals surface area contributed by atoms with Gasteiger partial charge in [-0.25, -0.2) is 8.42 Å². The first-order valence-electron chi connectivity index (χ1n) is 6.02. The zero-order chi connectivity index (χ0) is 13.0. The molecule has 1 aromatic carbocycles. The van der Waals surface area contributed by atoms with Crippen LogP contribution in [0.25, 0.3) is 0 Å². The molecule has 100 valence electrons. The van der Waals surface area contributed by atoms with Crippen molar-refractivity contribution in [3.8, 4) is 0 Å². The van der Waals surface area contributed by atoms with Crippen LogP contribution in [0.1, 0.15) is 12.8 Å². The maximum Gasteiger partial charge on any atom is 0.232 e. The van der Waals surface area contributed by atoms with E-state index in [1.54, 1.807) is 6.07 Å². The third-order valence-electron chi connectivity index (χ3n) is 3.01. The third-order valence-corrected chi connectivity index (χ3v) is 5.14. The van der Waals surface area contributed by atoms with Crippen molar-refractivity contribution in [2.24, 2.45) is 5.92 Å². The van der Waals surface area contributed by atoms with Gasteiger partial charge in [-0.3, -0.25) is 4.72 Å². The number of nitrogens with one attached hydrogen (secondary N) is 2. The Hall–Kier alpha value is -0.340. The molecule has 0 spiro atoms. The first kappa shape index (κ1) is 14.1. The molecule has 0 amide bonds. The summed E-state index contributed by atoms with van der Waals surface area (Å²) in [6.45, 7) is 1.84. The number of anilines is 1. The number of rotatable bonds is 4. The van der Waals surface area contributed by atoms with E-state index in [1.807, 2.05) is 18.2 Å². The highest BCUT2D eigenvalue weighted by Crippen LogP contribution is 2.18. The van der Waals surface area contributed by atoms with E-state index in [2.05, 4.69) is 32.6 Å². The number of hydrogen-bond donors (Lipinski definition) is 2. The predicted octanol–water partition coefficient (Wildman–Crippen LogP) is 2.03. The Labute approximate surface area is 122 Å². The molecule has 4 nitrogen and oxygen atoms in total. The summed E-state index contributed by atoms with van der Waals surface area (Å²) in [5, 5.41) is 3.24. The number of piperidine rings is 1. The largest absolute Gasteiger partial charge is 0.317 e. The minimum absolute atomic E-state index is 0.222. The first-order valence-corrected chi connectivity index (χ1v) is 8.75. The van der Waals surface area contributed by atoms with Gasteiger partial charge in [0.15, 0.2) is 0 Å². The van der Waals surface area contributed by atoms with E-state index in [-0.39, 0.29) is 11.7 Å². The number of sulfonamides is 1. The Kier molecular flexibility index (Phi) is 4.85. The van der Waals surface area contributed by atoms with Gasteiger partial charge in [0.25, 0.3) is 0 Å². The average Bonchev–Trinajstić information content (AvgIpc) is 2.28. The van der Waals surface area contributed by atoms with Gasteiger partial charge in [-0.1, -0.05) is 6.07 Å². The van der Waals surface area contributed by atoms with Gasteiger partial charge in [0.2, 0.25) is 10.0 Å². The lowest BCUT2D eigenvalue weighted by molar-refractivity contribution is 0.402. The molecule has 6 heteroatoms. The van der Waals surface area contributed by atoms with Crippen LogP contribution in [-0.4, -0.2) is 27.3 Å². The Bertz CT molecular complexity index is 499. The minimum Gasteiger partial charge on any atom is -0.317 e. The molecule has 1 heterocycles. The summed E-state index contributed by atoms with van der Waals surface area (Å²) in [5.74, 6) is 0.492. The van der Waals surface area contributed by atoms with Crippen LogP contribution < -0.4 is 10.0 Å². The van der Waals surface area contributed by atoms with E-state index in [4.69, 9.17) is 0 Å². The molecule has 0 aliphatic carbocycles. The highest BCUT2D eigenvalue weighted by Gasteiger charge is 2.21. The average molecular weight is 380 g/mol. The lowest BCUT2D eigenvalue weighted by Crippen LogP contribution is -2.33. The maximum absolute atomic E-state index is 12.0. The van der Waals surface area contributed by atoms with Crippen LogP contribution in [0.5, 0.6) is 0 Å². The summed E-state index contributed by atoms with van der Waals surface area (Å²) in [6, 6.07) is 7.40. The minimum atomic E-state index is -3.23. The second-order valence-corrected chi connectivity index (χ2v) is 7.60. The van der Waals surface area contributed by atoms with Gasteiger partial charge in [0.05, 0.1) is 5.75 Å². The van der Waals surface area contributed by atoms with E-state index < -0.39 is 10.0 Å². The van der Waals surface area contributed by atoms with Crippen LogP contribution in [0.3, 0.4) is 0 Å². The van der Waals surface area contributed by atoms with E-state index >= 15 is 0 Å². The van der Waals surface area contributed by atoms with Crippen LogP contribution in [0.2, 0.25) is 0 Å². The van der Waals surface area contributed by atoms with Crippen LogP contribution in [0.4, 0.5) is 5.69 Å². The Balaban J connectivity index is 1.98. The molecule has 0 radical (unpaired) electrons. The summed E-state index contributed by atoms with van der Waals surface area (Å²) in [4.78, 5) is 0. The molecule has 0 aromatic heterocycles. The zero-order valence-electron chi connectivity index (χ0n) is 10.0. The lowest BCUT2D eigenvalue weighted by Gasteiger charge is -2.22. The summed E-state index contributed by atoms with van der Waals surface area (Å²) in [7, 11) is -3.23. The molecule has 0 saturated carbocycles. The molecule has 1 saturated heterocycles. The fraction of sp³-hybridized carbons (Fsp3) is 0.500. The first-order chi connectivity index (χ1) is 8.55. The number of hydrogen-bond acceptors (Lipinski definition) is 3. The fourth-order valence-corrected chi connectivity index (χ4v) is 4.20. The fourth-order valence-electron chi connectivity index (χ4n) is 2.13. The van der Waals surface area contributed by atoms with Gasteiger partial charge in [-0.15, -0.1) is 0 Å². The number of halogens is 1. The Morgan fingerprint density at radius 1 is 1.33 bits per heavy atom. The van der Waals surface area contributed by atoms with Crippen LogP contribution in [0, 0.1) is 9.49 Å². The van der Waals surface area contributed by atoms with Gasteiger partial charge in [-0.05, 0) is 72.6 Å². The molecule has 1 fully saturated rings. The van der Waals surface area contributed by atoms with Crippen molar-refractivity contribution in [2.75, 3.05) is 23.6 Å². The highest BCUT2D eigenvalue weighted by atomic mass is 127. The molecule has 0 unspecified atom stereocenters. The molecule has 1 aliphatic heterocycles. The molecule has 1 aromatic rings. The second-order valence-electron chi connectivity index (χ2n) is 4.59. The third kappa shape index (κ3) is 4.40. The van der Waals surface area contributed by atoms with E-state index in [9.17, 15) is 8.42 Å². The van der Waals surface area contributed by atoms with Gasteiger partial charge in [0, 0.05) is 9.26 Å². The molecule has 0 bridgehead atoms. The van der Waals surface area contributed by atoms with Gasteiger partial charge in [0.1, 0.15) is 0 Å². The monoisotopic (exact) mass is 380 g/mol. The molecule has 18 heavy (non-hydrogen) atoms. The quantitative estimate of drug-likeness (QED) is 0.786. The smallest absolute Gasteiger partial charge is 0.232 e. The maximum atomic E-state index is 12.0. The summed E-state index contributed by atoms with van der Waals surface area (Å²) >= 11 is 2.17. The topological polar surface area (TPSA) is 58.2 Å². The standard InChI is InChI=1S/C12H17IN2O2S/c13-11-2-1-3-12(8-11)15-18(16,17)9-10-4-6-14-7-5-10/h1-3,8,10,14-15H,4-7,9H2.